The third kappa shape index (κ3) is 6.58. The van der Waals surface area contributed by atoms with Crippen molar-refractivity contribution in [2.75, 3.05) is 0 Å². The summed E-state index contributed by atoms with van der Waals surface area (Å²) in [5.74, 6) is 0.0314. The second-order valence-corrected chi connectivity index (χ2v) is 3.24. The summed E-state index contributed by atoms with van der Waals surface area (Å²) in [5.41, 5.74) is 0.662. The quantitative estimate of drug-likeness (QED) is 0.389. The molecule has 1 aromatic carbocycles. The largest absolute Gasteiger partial charge is 0.426 e. The molecule has 92 valence electrons. The van der Waals surface area contributed by atoms with E-state index in [1.165, 1.54) is 13.0 Å². The lowest BCUT2D eigenvalue weighted by molar-refractivity contribution is -0.131. The van der Waals surface area contributed by atoms with Crippen molar-refractivity contribution in [3.63, 3.8) is 0 Å². The van der Waals surface area contributed by atoms with Crippen LogP contribution in [0.2, 0.25) is 0 Å². The summed E-state index contributed by atoms with van der Waals surface area (Å²) >= 11 is 3.60. The number of benzene rings is 1. The van der Waals surface area contributed by atoms with Gasteiger partial charge in [-0.3, -0.25) is 9.59 Å². The molecule has 0 bridgehead atoms. The zero-order valence-electron chi connectivity index (χ0n) is 10.1. The van der Waals surface area contributed by atoms with Crippen LogP contribution in [0, 0.1) is 0 Å². The number of ether oxygens (including phenoxy) is 1. The minimum Gasteiger partial charge on any atom is -0.426 e. The molecule has 0 amide bonds. The van der Waals surface area contributed by atoms with E-state index in [0.717, 1.165) is 0 Å². The number of esters is 1. The van der Waals surface area contributed by atoms with E-state index in [1.807, 2.05) is 13.8 Å². The zero-order chi connectivity index (χ0) is 13.3. The molecule has 0 radical (unpaired) electrons. The van der Waals surface area contributed by atoms with Crippen LogP contribution in [0.25, 0.3) is 6.08 Å². The molecular formula is C13H16O3S. The summed E-state index contributed by atoms with van der Waals surface area (Å²) < 4.78 is 4.95. The molecule has 1 rings (SSSR count). The molecule has 0 fully saturated rings. The Hall–Kier alpha value is -1.55. The van der Waals surface area contributed by atoms with Gasteiger partial charge >= 0.3 is 5.97 Å². The highest BCUT2D eigenvalue weighted by atomic mass is 32.1. The molecule has 4 heteroatoms. The van der Waals surface area contributed by atoms with Crippen molar-refractivity contribution in [2.24, 2.45) is 0 Å². The number of thiol groups is 1. The third-order valence-electron chi connectivity index (χ3n) is 1.58. The Bertz CT molecular complexity index is 411. The monoisotopic (exact) mass is 252 g/mol. The Morgan fingerprint density at radius 2 is 1.82 bits per heavy atom. The third-order valence-corrected chi connectivity index (χ3v) is 1.73. The smallest absolute Gasteiger partial charge is 0.308 e. The van der Waals surface area contributed by atoms with Gasteiger partial charge in [0.15, 0.2) is 0 Å². The predicted octanol–water partition coefficient (Wildman–Crippen LogP) is 3.11. The number of rotatable bonds is 3. The van der Waals surface area contributed by atoms with Gasteiger partial charge in [-0.1, -0.05) is 32.0 Å². The maximum atomic E-state index is 10.8. The van der Waals surface area contributed by atoms with Crippen LogP contribution in [0.4, 0.5) is 0 Å². The maximum Gasteiger partial charge on any atom is 0.308 e. The van der Waals surface area contributed by atoms with E-state index in [1.54, 1.807) is 30.3 Å². The molecule has 0 N–H and O–H groups in total. The molecule has 0 saturated heterocycles. The average molecular weight is 252 g/mol. The first-order valence-corrected chi connectivity index (χ1v) is 5.73. The van der Waals surface area contributed by atoms with Crippen molar-refractivity contribution in [2.45, 2.75) is 20.8 Å². The van der Waals surface area contributed by atoms with Crippen LogP contribution in [0.15, 0.2) is 30.3 Å². The lowest BCUT2D eigenvalue weighted by Gasteiger charge is -2.04. The number of hydrogen-bond donors (Lipinski definition) is 1. The first kappa shape index (κ1) is 15.4. The number of carbonyl (C=O) groups is 2. The molecule has 0 heterocycles. The SMILES string of the molecule is CC.CC(=O)Oc1ccccc1/C=C\C(=O)S. The Morgan fingerprint density at radius 1 is 1.24 bits per heavy atom. The standard InChI is InChI=1S/C11H10O3S.C2H6/c1-8(12)14-10-5-3-2-4-9(10)6-7-11(13)15;1-2/h2-7H,1H3,(H,13,15);1-2H3/b7-6-;. The second-order valence-electron chi connectivity index (χ2n) is 2.80. The molecule has 0 spiro atoms. The molecule has 0 aliphatic heterocycles. The fourth-order valence-corrected chi connectivity index (χ4v) is 1.10. The lowest BCUT2D eigenvalue weighted by Crippen LogP contribution is -2.02. The van der Waals surface area contributed by atoms with Crippen LogP contribution in [0.3, 0.4) is 0 Å². The molecule has 1 aromatic rings. The summed E-state index contributed by atoms with van der Waals surface area (Å²) in [7, 11) is 0. The Balaban J connectivity index is 0.00000121. The second kappa shape index (κ2) is 8.58. The first-order valence-electron chi connectivity index (χ1n) is 5.28. The van der Waals surface area contributed by atoms with Gasteiger partial charge in [0.1, 0.15) is 5.75 Å². The van der Waals surface area contributed by atoms with E-state index in [0.29, 0.717) is 11.3 Å². The van der Waals surface area contributed by atoms with E-state index >= 15 is 0 Å². The highest BCUT2D eigenvalue weighted by molar-refractivity contribution is 7.97. The van der Waals surface area contributed by atoms with Crippen LogP contribution in [0.1, 0.15) is 26.3 Å². The van der Waals surface area contributed by atoms with Gasteiger partial charge in [0.05, 0.1) is 0 Å². The zero-order valence-corrected chi connectivity index (χ0v) is 11.0. The average Bonchev–Trinajstić information content (AvgIpc) is 2.30. The molecule has 0 aliphatic carbocycles. The van der Waals surface area contributed by atoms with E-state index in [4.69, 9.17) is 4.74 Å². The normalized spacial score (nSPS) is 9.41. The maximum absolute atomic E-state index is 10.8. The van der Waals surface area contributed by atoms with Gasteiger partial charge in [-0.05, 0) is 18.2 Å². The number of carbonyl (C=O) groups excluding carboxylic acids is 2. The molecule has 0 aromatic heterocycles. The summed E-state index contributed by atoms with van der Waals surface area (Å²) in [6, 6.07) is 6.93. The van der Waals surface area contributed by atoms with Gasteiger partial charge < -0.3 is 4.74 Å². The van der Waals surface area contributed by atoms with E-state index in [-0.39, 0.29) is 5.12 Å². The van der Waals surface area contributed by atoms with Gasteiger partial charge in [-0.15, -0.1) is 12.6 Å². The van der Waals surface area contributed by atoms with Crippen molar-refractivity contribution in [1.82, 2.24) is 0 Å². The van der Waals surface area contributed by atoms with E-state index < -0.39 is 5.97 Å². The van der Waals surface area contributed by atoms with Gasteiger partial charge in [0, 0.05) is 12.5 Å². The molecule has 3 nitrogen and oxygen atoms in total. The van der Waals surface area contributed by atoms with Crippen LogP contribution < -0.4 is 4.74 Å². The van der Waals surface area contributed by atoms with Gasteiger partial charge in [-0.25, -0.2) is 0 Å². The lowest BCUT2D eigenvalue weighted by atomic mass is 10.2. The fraction of sp³-hybridized carbons (Fsp3) is 0.231. The summed E-state index contributed by atoms with van der Waals surface area (Å²) in [6.07, 6.45) is 2.85. The summed E-state index contributed by atoms with van der Waals surface area (Å²) in [5, 5.41) is -0.354. The highest BCUT2D eigenvalue weighted by Gasteiger charge is 2.02. The minimum absolute atomic E-state index is 0.354. The topological polar surface area (TPSA) is 43.4 Å². The van der Waals surface area contributed by atoms with Crippen LogP contribution >= 0.6 is 12.6 Å². The summed E-state index contributed by atoms with van der Waals surface area (Å²) in [6.45, 7) is 5.32. The van der Waals surface area contributed by atoms with E-state index in [9.17, 15) is 9.59 Å². The van der Waals surface area contributed by atoms with Crippen molar-refractivity contribution in [1.29, 1.82) is 0 Å². The van der Waals surface area contributed by atoms with Crippen molar-refractivity contribution in [3.05, 3.63) is 35.9 Å². The number of hydrogen-bond acceptors (Lipinski definition) is 3. The van der Waals surface area contributed by atoms with Gasteiger partial charge in [0.25, 0.3) is 0 Å². The fourth-order valence-electron chi connectivity index (χ4n) is 1.03. The Kier molecular flexibility index (Phi) is 7.80. The van der Waals surface area contributed by atoms with Crippen LogP contribution in [-0.4, -0.2) is 11.1 Å². The molecule has 0 saturated carbocycles. The van der Waals surface area contributed by atoms with Crippen molar-refractivity contribution >= 4 is 29.8 Å². The minimum atomic E-state index is -0.395. The molecule has 0 atom stereocenters. The predicted molar refractivity (Wildman–Crippen MR) is 72.1 cm³/mol. The van der Waals surface area contributed by atoms with E-state index in [2.05, 4.69) is 12.6 Å². The molecule has 0 unspecified atom stereocenters. The first-order chi connectivity index (χ1) is 8.09. The van der Waals surface area contributed by atoms with Crippen LogP contribution in [0.5, 0.6) is 5.75 Å². The molecule has 17 heavy (non-hydrogen) atoms. The van der Waals surface area contributed by atoms with Crippen molar-refractivity contribution < 1.29 is 14.3 Å². The summed E-state index contributed by atoms with van der Waals surface area (Å²) in [4.78, 5) is 21.4. The van der Waals surface area contributed by atoms with Gasteiger partial charge in [0.2, 0.25) is 5.12 Å². The molecule has 0 aliphatic rings. The Morgan fingerprint density at radius 3 is 2.35 bits per heavy atom. The molecular weight excluding hydrogens is 236 g/mol. The highest BCUT2D eigenvalue weighted by Crippen LogP contribution is 2.19. The van der Waals surface area contributed by atoms with Gasteiger partial charge in [-0.2, -0.15) is 0 Å². The Labute approximate surface area is 107 Å². The number of para-hydroxylation sites is 1. The van der Waals surface area contributed by atoms with Crippen LogP contribution in [-0.2, 0) is 9.59 Å². The van der Waals surface area contributed by atoms with Crippen molar-refractivity contribution in [3.8, 4) is 5.75 Å².